The second-order valence-corrected chi connectivity index (χ2v) is 3.27. The Morgan fingerprint density at radius 2 is 2.31 bits per heavy atom. The molecule has 0 atom stereocenters. The maximum absolute atomic E-state index is 10.8. The van der Waals surface area contributed by atoms with Gasteiger partial charge in [-0.25, -0.2) is 4.68 Å². The number of benzene rings is 1. The monoisotopic (exact) mass is 221 g/mol. The van der Waals surface area contributed by atoms with Gasteiger partial charge in [-0.3, -0.25) is 10.1 Å². The average molecular weight is 221 g/mol. The van der Waals surface area contributed by atoms with E-state index in [0.29, 0.717) is 23.3 Å². The zero-order valence-corrected chi connectivity index (χ0v) is 8.97. The first-order valence-corrected chi connectivity index (χ1v) is 4.86. The Balaban J connectivity index is 2.76. The van der Waals surface area contributed by atoms with Crippen molar-refractivity contribution >= 4 is 22.4 Å². The lowest BCUT2D eigenvalue weighted by Gasteiger charge is -2.01. The molecule has 0 aliphatic rings. The molecule has 0 saturated heterocycles. The van der Waals surface area contributed by atoms with Crippen LogP contribution in [0.25, 0.3) is 11.0 Å². The molecule has 0 aliphatic heterocycles. The molecule has 0 spiro atoms. The van der Waals surface area contributed by atoms with Crippen LogP contribution >= 0.6 is 0 Å². The lowest BCUT2D eigenvalue weighted by molar-refractivity contribution is -0.384. The number of nitro benzene ring substituents is 1. The highest BCUT2D eigenvalue weighted by Crippen LogP contribution is 2.27. The van der Waals surface area contributed by atoms with Crippen molar-refractivity contribution in [2.75, 3.05) is 12.4 Å². The lowest BCUT2D eigenvalue weighted by atomic mass is 10.2. The zero-order chi connectivity index (χ0) is 11.7. The van der Waals surface area contributed by atoms with Crippen LogP contribution in [0, 0.1) is 10.1 Å². The number of rotatable bonds is 3. The summed E-state index contributed by atoms with van der Waals surface area (Å²) in [6, 6.07) is 2.94. The first-order valence-electron chi connectivity index (χ1n) is 4.86. The number of anilines is 1. The SMILES string of the molecule is CCn1nnc2c(NC)cc([N+](=O)[O-])cc21. The Morgan fingerprint density at radius 1 is 1.56 bits per heavy atom. The molecule has 7 heteroatoms. The predicted octanol–water partition coefficient (Wildman–Crippen LogP) is 1.40. The number of aromatic nitrogens is 3. The van der Waals surface area contributed by atoms with Gasteiger partial charge in [0.05, 0.1) is 16.1 Å². The standard InChI is InChI=1S/C9H11N5O2/c1-3-13-8-5-6(14(15)16)4-7(10-2)9(8)11-12-13/h4-5,10H,3H2,1-2H3. The third-order valence-corrected chi connectivity index (χ3v) is 2.39. The van der Waals surface area contributed by atoms with Crippen LogP contribution < -0.4 is 5.32 Å². The molecule has 1 heterocycles. The van der Waals surface area contributed by atoms with E-state index in [2.05, 4.69) is 15.6 Å². The molecule has 2 rings (SSSR count). The van der Waals surface area contributed by atoms with Gasteiger partial charge in [-0.2, -0.15) is 0 Å². The molecule has 1 aromatic heterocycles. The molecule has 0 aliphatic carbocycles. The van der Waals surface area contributed by atoms with Crippen LogP contribution in [0.2, 0.25) is 0 Å². The molecule has 1 N–H and O–H groups in total. The van der Waals surface area contributed by atoms with Crippen molar-refractivity contribution < 1.29 is 4.92 Å². The number of aryl methyl sites for hydroxylation is 1. The first kappa shape index (κ1) is 10.3. The van der Waals surface area contributed by atoms with E-state index in [0.717, 1.165) is 0 Å². The summed E-state index contributed by atoms with van der Waals surface area (Å²) < 4.78 is 1.63. The topological polar surface area (TPSA) is 85.9 Å². The molecule has 84 valence electrons. The summed E-state index contributed by atoms with van der Waals surface area (Å²) in [6.07, 6.45) is 0. The van der Waals surface area contributed by atoms with E-state index in [-0.39, 0.29) is 5.69 Å². The van der Waals surface area contributed by atoms with Crippen molar-refractivity contribution in [1.29, 1.82) is 0 Å². The Kier molecular flexibility index (Phi) is 2.43. The quantitative estimate of drug-likeness (QED) is 0.625. The van der Waals surface area contributed by atoms with Gasteiger partial charge < -0.3 is 5.32 Å². The molecule has 0 bridgehead atoms. The Labute approximate surface area is 91.2 Å². The summed E-state index contributed by atoms with van der Waals surface area (Å²) in [7, 11) is 1.70. The van der Waals surface area contributed by atoms with Gasteiger partial charge in [-0.05, 0) is 6.92 Å². The van der Waals surface area contributed by atoms with E-state index in [1.165, 1.54) is 12.1 Å². The zero-order valence-electron chi connectivity index (χ0n) is 8.97. The van der Waals surface area contributed by atoms with Gasteiger partial charge in [0.1, 0.15) is 5.52 Å². The highest BCUT2D eigenvalue weighted by Gasteiger charge is 2.15. The molecule has 0 fully saturated rings. The number of nitrogens with zero attached hydrogens (tertiary/aromatic N) is 4. The summed E-state index contributed by atoms with van der Waals surface area (Å²) in [5.41, 5.74) is 1.97. The predicted molar refractivity (Wildman–Crippen MR) is 59.4 cm³/mol. The summed E-state index contributed by atoms with van der Waals surface area (Å²) in [5.74, 6) is 0. The molecule has 16 heavy (non-hydrogen) atoms. The van der Waals surface area contributed by atoms with Crippen molar-refractivity contribution in [3.8, 4) is 0 Å². The van der Waals surface area contributed by atoms with Gasteiger partial charge in [-0.15, -0.1) is 5.10 Å². The van der Waals surface area contributed by atoms with Crippen molar-refractivity contribution in [3.05, 3.63) is 22.2 Å². The second-order valence-electron chi connectivity index (χ2n) is 3.27. The molecule has 0 amide bonds. The van der Waals surface area contributed by atoms with Crippen LogP contribution in [0.5, 0.6) is 0 Å². The van der Waals surface area contributed by atoms with E-state index in [1.54, 1.807) is 11.7 Å². The lowest BCUT2D eigenvalue weighted by Crippen LogP contribution is -1.98. The van der Waals surface area contributed by atoms with E-state index < -0.39 is 4.92 Å². The minimum absolute atomic E-state index is 0.0360. The fraction of sp³-hybridized carbons (Fsp3) is 0.333. The van der Waals surface area contributed by atoms with E-state index in [9.17, 15) is 10.1 Å². The maximum Gasteiger partial charge on any atom is 0.273 e. The van der Waals surface area contributed by atoms with E-state index in [4.69, 9.17) is 0 Å². The van der Waals surface area contributed by atoms with Gasteiger partial charge >= 0.3 is 0 Å². The number of fused-ring (bicyclic) bond motifs is 1. The van der Waals surface area contributed by atoms with Crippen LogP contribution in [0.4, 0.5) is 11.4 Å². The Bertz CT molecular complexity index is 548. The van der Waals surface area contributed by atoms with Crippen LogP contribution in [0.3, 0.4) is 0 Å². The Hall–Kier alpha value is -2.18. The molecule has 2 aromatic rings. The number of non-ortho nitro benzene ring substituents is 1. The van der Waals surface area contributed by atoms with Crippen LogP contribution in [-0.2, 0) is 6.54 Å². The molecule has 0 saturated carbocycles. The highest BCUT2D eigenvalue weighted by molar-refractivity contribution is 5.90. The number of nitro groups is 1. The van der Waals surface area contributed by atoms with Crippen molar-refractivity contribution in [2.45, 2.75) is 13.5 Å². The van der Waals surface area contributed by atoms with Gasteiger partial charge in [0.15, 0.2) is 0 Å². The number of hydrogen-bond donors (Lipinski definition) is 1. The van der Waals surface area contributed by atoms with E-state index in [1.807, 2.05) is 6.92 Å². The summed E-state index contributed by atoms with van der Waals surface area (Å²) >= 11 is 0. The molecule has 1 aromatic carbocycles. The van der Waals surface area contributed by atoms with Crippen molar-refractivity contribution in [1.82, 2.24) is 15.0 Å². The third kappa shape index (κ3) is 1.46. The number of hydrogen-bond acceptors (Lipinski definition) is 5. The first-order chi connectivity index (χ1) is 7.67. The molecule has 7 nitrogen and oxygen atoms in total. The summed E-state index contributed by atoms with van der Waals surface area (Å²) in [5, 5.41) is 21.6. The second kappa shape index (κ2) is 3.76. The third-order valence-electron chi connectivity index (χ3n) is 2.39. The van der Waals surface area contributed by atoms with Gasteiger partial charge in [0.2, 0.25) is 0 Å². The normalized spacial score (nSPS) is 10.6. The highest BCUT2D eigenvalue weighted by atomic mass is 16.6. The van der Waals surface area contributed by atoms with Crippen molar-refractivity contribution in [2.24, 2.45) is 0 Å². The smallest absolute Gasteiger partial charge is 0.273 e. The minimum atomic E-state index is -0.423. The average Bonchev–Trinajstić information content (AvgIpc) is 2.70. The fourth-order valence-electron chi connectivity index (χ4n) is 1.58. The van der Waals surface area contributed by atoms with Crippen LogP contribution in [0.15, 0.2) is 12.1 Å². The van der Waals surface area contributed by atoms with Crippen molar-refractivity contribution in [3.63, 3.8) is 0 Å². The molecule has 0 radical (unpaired) electrons. The van der Waals surface area contributed by atoms with Crippen LogP contribution in [-0.4, -0.2) is 27.0 Å². The molecule has 0 unspecified atom stereocenters. The van der Waals surface area contributed by atoms with Crippen LogP contribution in [0.1, 0.15) is 6.92 Å². The summed E-state index contributed by atoms with van der Waals surface area (Å²) in [6.45, 7) is 2.53. The minimum Gasteiger partial charge on any atom is -0.386 e. The molecular formula is C9H11N5O2. The maximum atomic E-state index is 10.8. The number of nitrogens with one attached hydrogen (secondary N) is 1. The fourth-order valence-corrected chi connectivity index (χ4v) is 1.58. The van der Waals surface area contributed by atoms with Gasteiger partial charge in [0, 0.05) is 25.7 Å². The van der Waals surface area contributed by atoms with E-state index >= 15 is 0 Å². The molecular weight excluding hydrogens is 210 g/mol. The van der Waals surface area contributed by atoms with Gasteiger partial charge in [0.25, 0.3) is 5.69 Å². The summed E-state index contributed by atoms with van der Waals surface area (Å²) in [4.78, 5) is 10.3. The Morgan fingerprint density at radius 3 is 2.88 bits per heavy atom. The van der Waals surface area contributed by atoms with Gasteiger partial charge in [-0.1, -0.05) is 5.21 Å². The largest absolute Gasteiger partial charge is 0.386 e.